The van der Waals surface area contributed by atoms with Crippen LogP contribution in [0, 0.1) is 5.92 Å². The van der Waals surface area contributed by atoms with Gasteiger partial charge in [-0.2, -0.15) is 0 Å². The van der Waals surface area contributed by atoms with Gasteiger partial charge in [-0.3, -0.25) is 4.79 Å². The monoisotopic (exact) mass is 283 g/mol. The number of carbonyl (C=O) groups is 3. The normalized spacial score (nSPS) is 21.1. The Labute approximate surface area is 117 Å². The van der Waals surface area contributed by atoms with Crippen molar-refractivity contribution < 1.29 is 19.5 Å². The molecule has 3 amide bonds. The number of hydrogen-bond acceptors (Lipinski definition) is 3. The lowest BCUT2D eigenvalue weighted by molar-refractivity contribution is -0.140. The Kier molecular flexibility index (Phi) is 4.15. The van der Waals surface area contributed by atoms with Crippen molar-refractivity contribution in [3.8, 4) is 0 Å². The van der Waals surface area contributed by atoms with Gasteiger partial charge in [0.05, 0.1) is 0 Å². The molecule has 0 radical (unpaired) electrons. The molecule has 0 spiro atoms. The Morgan fingerprint density at radius 3 is 2.30 bits per heavy atom. The minimum absolute atomic E-state index is 0.0395. The number of aliphatic carboxylic acids is 1. The zero-order valence-electron chi connectivity index (χ0n) is 11.6. The Bertz CT molecular complexity index is 412. The fraction of sp³-hybridized carbons (Fsp3) is 0.769. The summed E-state index contributed by atoms with van der Waals surface area (Å²) < 4.78 is 0. The highest BCUT2D eigenvalue weighted by atomic mass is 16.4. The van der Waals surface area contributed by atoms with E-state index < -0.39 is 11.5 Å². The van der Waals surface area contributed by atoms with Gasteiger partial charge in [0, 0.05) is 26.6 Å². The van der Waals surface area contributed by atoms with Crippen molar-refractivity contribution in [3.05, 3.63) is 0 Å². The van der Waals surface area contributed by atoms with Crippen molar-refractivity contribution >= 4 is 17.9 Å². The van der Waals surface area contributed by atoms with E-state index in [9.17, 15) is 14.4 Å². The van der Waals surface area contributed by atoms with Gasteiger partial charge in [0.1, 0.15) is 5.54 Å². The second-order valence-electron chi connectivity index (χ2n) is 5.68. The van der Waals surface area contributed by atoms with Crippen LogP contribution in [0.15, 0.2) is 0 Å². The van der Waals surface area contributed by atoms with Crippen LogP contribution in [0.1, 0.15) is 32.6 Å². The van der Waals surface area contributed by atoms with E-state index in [0.717, 1.165) is 12.8 Å². The third-order valence-corrected chi connectivity index (χ3v) is 4.05. The van der Waals surface area contributed by atoms with Crippen LogP contribution in [-0.4, -0.2) is 53.1 Å². The number of nitrogens with zero attached hydrogens (tertiary/aromatic N) is 1. The number of likely N-dealkylation sites (tertiary alicyclic amines) is 1. The first kappa shape index (κ1) is 14.6. The molecule has 0 unspecified atom stereocenters. The van der Waals surface area contributed by atoms with Gasteiger partial charge in [-0.1, -0.05) is 0 Å². The van der Waals surface area contributed by atoms with Crippen molar-refractivity contribution in [2.24, 2.45) is 5.92 Å². The zero-order valence-corrected chi connectivity index (χ0v) is 11.6. The molecule has 3 N–H and O–H groups in total. The SMILES string of the molecule is CC(=O)NCC1CCN(C(=O)NC2(C(=O)O)CC2)CC1. The molecule has 7 heteroatoms. The van der Waals surface area contributed by atoms with Crippen LogP contribution < -0.4 is 10.6 Å². The van der Waals surface area contributed by atoms with Crippen LogP contribution in [0.5, 0.6) is 0 Å². The van der Waals surface area contributed by atoms with E-state index in [-0.39, 0.29) is 11.9 Å². The molecule has 0 aromatic heterocycles. The Morgan fingerprint density at radius 1 is 1.25 bits per heavy atom. The molecule has 0 bridgehead atoms. The predicted molar refractivity (Wildman–Crippen MR) is 71.1 cm³/mol. The molecule has 1 heterocycles. The third-order valence-electron chi connectivity index (χ3n) is 4.05. The first-order valence-electron chi connectivity index (χ1n) is 6.98. The summed E-state index contributed by atoms with van der Waals surface area (Å²) in [6.45, 7) is 3.34. The number of nitrogens with one attached hydrogen (secondary N) is 2. The highest BCUT2D eigenvalue weighted by Gasteiger charge is 2.52. The number of piperidine rings is 1. The van der Waals surface area contributed by atoms with E-state index in [4.69, 9.17) is 5.11 Å². The maximum Gasteiger partial charge on any atom is 0.329 e. The molecule has 112 valence electrons. The standard InChI is InChI=1S/C13H21N3O4/c1-9(17)14-8-10-2-6-16(7-3-10)12(20)15-13(4-5-13)11(18)19/h10H,2-8H2,1H3,(H,14,17)(H,15,20)(H,18,19). The van der Waals surface area contributed by atoms with E-state index in [1.165, 1.54) is 6.92 Å². The van der Waals surface area contributed by atoms with E-state index in [1.807, 2.05) is 0 Å². The molecule has 7 nitrogen and oxygen atoms in total. The number of rotatable bonds is 4. The molecule has 1 saturated carbocycles. The van der Waals surface area contributed by atoms with E-state index in [1.54, 1.807) is 4.90 Å². The first-order chi connectivity index (χ1) is 9.43. The number of carbonyl (C=O) groups excluding carboxylic acids is 2. The molecule has 0 aromatic rings. The molecule has 2 rings (SSSR count). The minimum atomic E-state index is -1.02. The Hall–Kier alpha value is -1.79. The molecule has 1 aliphatic heterocycles. The minimum Gasteiger partial charge on any atom is -0.480 e. The summed E-state index contributed by atoms with van der Waals surface area (Å²) in [6, 6.07) is -0.289. The summed E-state index contributed by atoms with van der Waals surface area (Å²) in [6.07, 6.45) is 2.67. The second kappa shape index (κ2) is 5.68. The summed E-state index contributed by atoms with van der Waals surface area (Å²) >= 11 is 0. The smallest absolute Gasteiger partial charge is 0.329 e. The lowest BCUT2D eigenvalue weighted by Gasteiger charge is -2.32. The fourth-order valence-electron chi connectivity index (χ4n) is 2.43. The van der Waals surface area contributed by atoms with E-state index in [0.29, 0.717) is 38.4 Å². The van der Waals surface area contributed by atoms with Gasteiger partial charge < -0.3 is 20.6 Å². The highest BCUT2D eigenvalue weighted by molar-refractivity contribution is 5.89. The van der Waals surface area contributed by atoms with Gasteiger partial charge in [-0.15, -0.1) is 0 Å². The molecule has 2 aliphatic rings. The third kappa shape index (κ3) is 3.40. The first-order valence-corrected chi connectivity index (χ1v) is 6.98. The quantitative estimate of drug-likeness (QED) is 0.684. The number of hydrogen-bond donors (Lipinski definition) is 3. The number of carboxylic acids is 1. The van der Waals surface area contributed by atoms with Crippen molar-refractivity contribution in [2.45, 2.75) is 38.1 Å². The highest BCUT2D eigenvalue weighted by Crippen LogP contribution is 2.35. The van der Waals surface area contributed by atoms with Crippen molar-refractivity contribution in [2.75, 3.05) is 19.6 Å². The van der Waals surface area contributed by atoms with Crippen LogP contribution in [0.25, 0.3) is 0 Å². The maximum absolute atomic E-state index is 12.0. The summed E-state index contributed by atoms with van der Waals surface area (Å²) in [5, 5.41) is 14.4. The second-order valence-corrected chi connectivity index (χ2v) is 5.68. The van der Waals surface area contributed by atoms with E-state index >= 15 is 0 Å². The van der Waals surface area contributed by atoms with Crippen LogP contribution >= 0.6 is 0 Å². The molecule has 20 heavy (non-hydrogen) atoms. The average molecular weight is 283 g/mol. The summed E-state index contributed by atoms with van der Waals surface area (Å²) in [5.41, 5.74) is -1.02. The zero-order chi connectivity index (χ0) is 14.8. The van der Waals surface area contributed by atoms with Crippen LogP contribution in [0.2, 0.25) is 0 Å². The van der Waals surface area contributed by atoms with E-state index in [2.05, 4.69) is 10.6 Å². The van der Waals surface area contributed by atoms with Crippen LogP contribution in [-0.2, 0) is 9.59 Å². The summed E-state index contributed by atoms with van der Waals surface area (Å²) in [4.78, 5) is 35.5. The molecule has 2 fully saturated rings. The van der Waals surface area contributed by atoms with Crippen molar-refractivity contribution in [1.29, 1.82) is 0 Å². The van der Waals surface area contributed by atoms with Gasteiger partial charge in [0.25, 0.3) is 0 Å². The Balaban J connectivity index is 1.75. The van der Waals surface area contributed by atoms with Gasteiger partial charge in [-0.25, -0.2) is 9.59 Å². The van der Waals surface area contributed by atoms with Crippen molar-refractivity contribution in [3.63, 3.8) is 0 Å². The van der Waals surface area contributed by atoms with Gasteiger partial charge >= 0.3 is 12.0 Å². The maximum atomic E-state index is 12.0. The van der Waals surface area contributed by atoms with Crippen LogP contribution in [0.4, 0.5) is 4.79 Å². The lowest BCUT2D eigenvalue weighted by Crippen LogP contribution is -2.52. The Morgan fingerprint density at radius 2 is 1.85 bits per heavy atom. The molecule has 1 saturated heterocycles. The molecular formula is C13H21N3O4. The fourth-order valence-corrected chi connectivity index (χ4v) is 2.43. The van der Waals surface area contributed by atoms with Crippen LogP contribution in [0.3, 0.4) is 0 Å². The average Bonchev–Trinajstić information content (AvgIpc) is 3.18. The largest absolute Gasteiger partial charge is 0.480 e. The summed E-state index contributed by atoms with van der Waals surface area (Å²) in [7, 11) is 0. The number of carboxylic acid groups (broad SMARTS) is 1. The molecular weight excluding hydrogens is 262 g/mol. The molecule has 0 aromatic carbocycles. The predicted octanol–water partition coefficient (Wildman–Crippen LogP) is 0.161. The van der Waals surface area contributed by atoms with Gasteiger partial charge in [0.2, 0.25) is 5.91 Å². The number of amides is 3. The number of urea groups is 1. The molecule has 0 atom stereocenters. The van der Waals surface area contributed by atoms with Gasteiger partial charge in [-0.05, 0) is 31.6 Å². The lowest BCUT2D eigenvalue weighted by atomic mass is 9.97. The van der Waals surface area contributed by atoms with Gasteiger partial charge in [0.15, 0.2) is 0 Å². The topological polar surface area (TPSA) is 98.7 Å². The summed E-state index contributed by atoms with van der Waals surface area (Å²) in [5.74, 6) is -0.606. The van der Waals surface area contributed by atoms with Crippen molar-refractivity contribution in [1.82, 2.24) is 15.5 Å². The molecule has 1 aliphatic carbocycles.